The van der Waals surface area contributed by atoms with E-state index in [-0.39, 0.29) is 52.5 Å². The van der Waals surface area contributed by atoms with E-state index in [1.165, 1.54) is 0 Å². The molecule has 3 aliphatic heterocycles. The zero-order chi connectivity index (χ0) is 77.4. The molecule has 24 heteroatoms. The van der Waals surface area contributed by atoms with Crippen molar-refractivity contribution in [1.29, 1.82) is 0 Å². The second-order valence-corrected chi connectivity index (χ2v) is 29.5. The van der Waals surface area contributed by atoms with E-state index in [0.29, 0.717) is 77.3 Å². The number of piperidine rings is 3. The van der Waals surface area contributed by atoms with Gasteiger partial charge in [-0.15, -0.1) is 19.7 Å². The number of pyridine rings is 5. The van der Waals surface area contributed by atoms with Gasteiger partial charge in [0.25, 0.3) is 34.4 Å². The summed E-state index contributed by atoms with van der Waals surface area (Å²) in [6, 6.07) is 23.6. The third-order valence-electron chi connectivity index (χ3n) is 21.7. The van der Waals surface area contributed by atoms with Crippen LogP contribution in [0.2, 0.25) is 5.02 Å². The molecule has 564 valence electrons. The minimum absolute atomic E-state index is 0.0411. The molecule has 0 radical (unpaired) electrons. The lowest BCUT2D eigenvalue weighted by Crippen LogP contribution is -2.46. The van der Waals surface area contributed by atoms with Crippen molar-refractivity contribution in [3.63, 3.8) is 0 Å². The van der Waals surface area contributed by atoms with E-state index >= 15 is 0 Å². The standard InChI is InChI=1S/C29H30ClN5O2.C29H32N6O2.C28H30N6O2/c1-4-11-35-17-24(22-14-19(2)15-23(22)29(35)37)28(36)33(3)20-9-12-34(13-10-20)27-16-26(31-18-32-27)21-7-5-6-8-25(21)30;1-5-11-35-17-24(22-14-19(2)15-23(22)29(35)37)28(36)33(4)21-8-12-34(13-9-21)26-16-25(31-18-32-26)27-20(3)7-6-10-30-27;1-4-11-34-17-23(21-14-19(2)15-22(21)28(34)36)27(35)32(3)20-8-12-33(13-9-20)26-16-25(30-18-31-26)24-7-5-6-10-29-24/h4-8,14,16-18,20H,1,9-13,15H2,2-3H3;5-7,10,14,16-18,21H,1,8-9,11-13,15H2,2-4H3;4-7,10,14,16-18,20H,1,8-9,11-13,15H2,2-3H3. The maximum absolute atomic E-state index is 13.7. The maximum atomic E-state index is 13.7. The van der Waals surface area contributed by atoms with Crippen molar-refractivity contribution in [3.05, 3.63) is 269 Å². The van der Waals surface area contributed by atoms with Gasteiger partial charge < -0.3 is 43.1 Å². The second-order valence-electron chi connectivity index (χ2n) is 29.1. The molecule has 6 aliphatic rings. The number of carbonyl (C=O) groups excluding carboxylic acids is 3. The highest BCUT2D eigenvalue weighted by Crippen LogP contribution is 2.35. The first-order chi connectivity index (χ1) is 53.2. The first kappa shape index (κ1) is 76.3. The van der Waals surface area contributed by atoms with Crippen molar-refractivity contribution >= 4 is 65.0 Å². The SMILES string of the molecule is C=CCn1cc(C(=O)N(C)C2CCN(c3cc(-c4ccccc4Cl)ncn3)CC2)c2c(c1=O)CC(C)=C2.C=CCn1cc(C(=O)N(C)C2CCN(c3cc(-c4ccccn4)ncn3)CC2)c2c(c1=O)CC(C)=C2.C=CCn1cc(C(=O)N(C)C2CCN(c3cc(-c4ncccc4C)ncn3)CC2)c2c(c1=O)CC(C)=C2. The number of halogens is 1. The van der Waals surface area contributed by atoms with Crippen LogP contribution >= 0.6 is 11.6 Å². The van der Waals surface area contributed by atoms with Crippen LogP contribution in [0.3, 0.4) is 0 Å². The lowest BCUT2D eigenvalue weighted by Gasteiger charge is -2.37. The Balaban J connectivity index is 0.000000145. The molecule has 0 bridgehead atoms. The topological polar surface area (TPSA) is 240 Å². The van der Waals surface area contributed by atoms with Gasteiger partial charge in [-0.05, 0) is 132 Å². The molecule has 9 aromatic rings. The molecule has 0 saturated carbocycles. The molecule has 0 unspecified atom stereocenters. The van der Waals surface area contributed by atoms with Gasteiger partial charge in [0.1, 0.15) is 36.4 Å². The summed E-state index contributed by atoms with van der Waals surface area (Å²) in [4.78, 5) is 127. The van der Waals surface area contributed by atoms with Gasteiger partial charge in [-0.2, -0.15) is 0 Å². The third-order valence-corrected chi connectivity index (χ3v) is 22.1. The predicted molar refractivity (Wildman–Crippen MR) is 434 cm³/mol. The van der Waals surface area contributed by atoms with E-state index in [4.69, 9.17) is 11.6 Å². The Morgan fingerprint density at radius 1 is 0.445 bits per heavy atom. The summed E-state index contributed by atoms with van der Waals surface area (Å²) in [6.45, 7) is 25.1. The van der Waals surface area contributed by atoms with Gasteiger partial charge in [-0.1, -0.05) is 95.1 Å². The molecule has 0 spiro atoms. The number of aromatic nitrogens is 11. The molecular weight excluding hydrogens is 1400 g/mol. The van der Waals surface area contributed by atoms with Gasteiger partial charge >= 0.3 is 0 Å². The summed E-state index contributed by atoms with van der Waals surface area (Å²) >= 11 is 6.37. The second kappa shape index (κ2) is 33.7. The van der Waals surface area contributed by atoms with Gasteiger partial charge in [0.2, 0.25) is 0 Å². The first-order valence-corrected chi connectivity index (χ1v) is 37.8. The molecule has 15 rings (SSSR count). The van der Waals surface area contributed by atoms with Crippen LogP contribution in [0.15, 0.2) is 192 Å². The molecule has 1 aromatic carbocycles. The molecule has 110 heavy (non-hydrogen) atoms. The molecule has 3 fully saturated rings. The van der Waals surface area contributed by atoms with E-state index in [2.05, 4.69) is 74.3 Å². The predicted octanol–water partition coefficient (Wildman–Crippen LogP) is 12.3. The first-order valence-electron chi connectivity index (χ1n) is 37.4. The van der Waals surface area contributed by atoms with Crippen molar-refractivity contribution in [2.75, 3.05) is 75.1 Å². The van der Waals surface area contributed by atoms with Gasteiger partial charge in [0.05, 0.1) is 45.2 Å². The molecule has 0 atom stereocenters. The van der Waals surface area contributed by atoms with Crippen molar-refractivity contribution in [2.45, 2.75) is 123 Å². The third kappa shape index (κ3) is 16.3. The number of anilines is 3. The van der Waals surface area contributed by atoms with E-state index in [1.54, 1.807) is 81.9 Å². The number of allylic oxidation sites excluding steroid dienone is 6. The minimum atomic E-state index is -0.0542. The van der Waals surface area contributed by atoms with Crippen molar-refractivity contribution in [3.8, 4) is 34.0 Å². The van der Waals surface area contributed by atoms with Crippen molar-refractivity contribution < 1.29 is 14.4 Å². The monoisotopic (exact) mass is 1490 g/mol. The molecule has 11 heterocycles. The van der Waals surface area contributed by atoms with Crippen LogP contribution in [0.5, 0.6) is 0 Å². The highest BCUT2D eigenvalue weighted by atomic mass is 35.5. The van der Waals surface area contributed by atoms with Crippen LogP contribution in [-0.4, -0.2) is 165 Å². The number of amides is 3. The van der Waals surface area contributed by atoms with Crippen LogP contribution in [0.25, 0.3) is 52.3 Å². The average molecular weight is 1500 g/mol. The van der Waals surface area contributed by atoms with Gasteiger partial charge in [-0.3, -0.25) is 38.7 Å². The molecule has 3 amide bonds. The maximum Gasteiger partial charge on any atom is 0.255 e. The fourth-order valence-corrected chi connectivity index (χ4v) is 15.9. The Morgan fingerprint density at radius 2 is 0.809 bits per heavy atom. The number of fused-ring (bicyclic) bond motifs is 3. The number of carbonyl (C=O) groups is 3. The fraction of sp³-hybridized carbons (Fsp3) is 0.326. The molecule has 23 nitrogen and oxygen atoms in total. The summed E-state index contributed by atoms with van der Waals surface area (Å²) in [6.07, 6.45) is 31.1. The molecular formula is C86H92ClN17O6. The summed E-state index contributed by atoms with van der Waals surface area (Å²) < 4.78 is 4.78. The Bertz CT molecular complexity index is 5110. The van der Waals surface area contributed by atoms with E-state index in [1.807, 2.05) is 155 Å². The quantitative estimate of drug-likeness (QED) is 0.0725. The van der Waals surface area contributed by atoms with Crippen LogP contribution in [0.4, 0.5) is 17.5 Å². The largest absolute Gasteiger partial charge is 0.356 e. The lowest BCUT2D eigenvalue weighted by atomic mass is 10.0. The van der Waals surface area contributed by atoms with E-state index in [0.717, 1.165) is 168 Å². The molecule has 0 N–H and O–H groups in total. The van der Waals surface area contributed by atoms with Crippen LogP contribution in [0, 0.1) is 6.92 Å². The van der Waals surface area contributed by atoms with E-state index < -0.39 is 0 Å². The van der Waals surface area contributed by atoms with Gasteiger partial charge in [0, 0.05) is 175 Å². The zero-order valence-electron chi connectivity index (χ0n) is 63.5. The van der Waals surface area contributed by atoms with Gasteiger partial charge in [-0.25, -0.2) is 29.9 Å². The highest BCUT2D eigenvalue weighted by molar-refractivity contribution is 6.33. The Hall–Kier alpha value is -11.9. The number of hydrogen-bond donors (Lipinski definition) is 0. The van der Waals surface area contributed by atoms with Gasteiger partial charge in [0.15, 0.2) is 0 Å². The molecule has 3 aliphatic carbocycles. The summed E-state index contributed by atoms with van der Waals surface area (Å²) in [5.74, 6) is 2.44. The number of nitrogens with zero attached hydrogens (tertiary/aromatic N) is 17. The van der Waals surface area contributed by atoms with E-state index in [9.17, 15) is 28.8 Å². The summed E-state index contributed by atoms with van der Waals surface area (Å²) in [5, 5.41) is 0.655. The smallest absolute Gasteiger partial charge is 0.255 e. The number of aryl methyl sites for hydroxylation is 1. The van der Waals surface area contributed by atoms with Crippen LogP contribution in [-0.2, 0) is 38.9 Å². The number of benzene rings is 1. The summed E-state index contributed by atoms with van der Waals surface area (Å²) in [7, 11) is 5.60. The molecule has 8 aromatic heterocycles. The Labute approximate surface area is 645 Å². The van der Waals surface area contributed by atoms with Crippen LogP contribution < -0.4 is 31.4 Å². The fourth-order valence-electron chi connectivity index (χ4n) is 15.7. The van der Waals surface area contributed by atoms with Crippen LogP contribution in [0.1, 0.15) is 129 Å². The average Bonchev–Trinajstić information content (AvgIpc) is 1.60. The highest BCUT2D eigenvalue weighted by Gasteiger charge is 2.35. The Morgan fingerprint density at radius 3 is 1.19 bits per heavy atom. The van der Waals surface area contributed by atoms with Crippen molar-refractivity contribution in [1.82, 2.24) is 68.3 Å². The minimum Gasteiger partial charge on any atom is -0.356 e. The summed E-state index contributed by atoms with van der Waals surface area (Å²) in [5.41, 5.74) is 15.4. The Kier molecular flexibility index (Phi) is 23.4. The lowest BCUT2D eigenvalue weighted by molar-refractivity contribution is 0.0700. The number of hydrogen-bond acceptors (Lipinski definition) is 17. The normalized spacial score (nSPS) is 15.3. The number of rotatable bonds is 18. The van der Waals surface area contributed by atoms with Crippen molar-refractivity contribution in [2.24, 2.45) is 0 Å². The zero-order valence-corrected chi connectivity index (χ0v) is 64.3. The molecule has 3 saturated heterocycles.